The summed E-state index contributed by atoms with van der Waals surface area (Å²) in [5.41, 5.74) is 0. The number of hydrogen-bond donors (Lipinski definition) is 1. The van der Waals surface area contributed by atoms with Crippen LogP contribution in [-0.2, 0) is 14.8 Å². The number of carboxylic acid groups (broad SMARTS) is 1. The van der Waals surface area contributed by atoms with Gasteiger partial charge in [-0.1, -0.05) is 0 Å². The average Bonchev–Trinajstić information content (AvgIpc) is 2.90. The molecular formula is C12H9F6NO4S. The predicted molar refractivity (Wildman–Crippen MR) is 65.7 cm³/mol. The molecule has 0 spiro atoms. The highest BCUT2D eigenvalue weighted by atomic mass is 32.2. The summed E-state index contributed by atoms with van der Waals surface area (Å²) >= 11 is 0. The minimum Gasteiger partial charge on any atom is -0.481 e. The zero-order valence-corrected chi connectivity index (χ0v) is 12.3. The Bertz CT molecular complexity index is 755. The van der Waals surface area contributed by atoms with Crippen LogP contribution < -0.4 is 0 Å². The second-order valence-corrected chi connectivity index (χ2v) is 7.05. The maximum Gasteiger partial charge on any atom is 0.393 e. The zero-order valence-electron chi connectivity index (χ0n) is 11.5. The number of alkyl halides is 3. The number of hydrogen-bond acceptors (Lipinski definition) is 3. The van der Waals surface area contributed by atoms with Crippen molar-refractivity contribution in [3.63, 3.8) is 0 Å². The van der Waals surface area contributed by atoms with E-state index < -0.39 is 69.4 Å². The Hall–Kier alpha value is -1.82. The molecule has 1 fully saturated rings. The molecule has 1 aromatic rings. The molecule has 0 radical (unpaired) electrons. The third-order valence-electron chi connectivity index (χ3n) is 3.62. The van der Waals surface area contributed by atoms with Gasteiger partial charge in [0.1, 0.15) is 0 Å². The molecule has 0 unspecified atom stereocenters. The molecule has 1 aliphatic heterocycles. The molecule has 1 aliphatic rings. The van der Waals surface area contributed by atoms with Gasteiger partial charge in [-0.3, -0.25) is 4.79 Å². The van der Waals surface area contributed by atoms with Crippen LogP contribution in [0.25, 0.3) is 0 Å². The van der Waals surface area contributed by atoms with Crippen molar-refractivity contribution in [1.82, 2.24) is 4.31 Å². The summed E-state index contributed by atoms with van der Waals surface area (Å²) in [6, 6.07) is 0.231. The van der Waals surface area contributed by atoms with Crippen LogP contribution in [-0.4, -0.2) is 43.1 Å². The molecule has 0 bridgehead atoms. The lowest BCUT2D eigenvalue weighted by Crippen LogP contribution is -2.34. The first-order valence-electron chi connectivity index (χ1n) is 6.30. The number of sulfonamides is 1. The first-order chi connectivity index (χ1) is 10.9. The van der Waals surface area contributed by atoms with Gasteiger partial charge >= 0.3 is 12.1 Å². The molecule has 1 saturated heterocycles. The molecule has 1 N–H and O–H groups in total. The fraction of sp³-hybridized carbons (Fsp3) is 0.417. The number of aliphatic carboxylic acids is 1. The lowest BCUT2D eigenvalue weighted by molar-refractivity contribution is -0.187. The van der Waals surface area contributed by atoms with Crippen LogP contribution in [0.15, 0.2) is 17.0 Å². The van der Waals surface area contributed by atoms with Gasteiger partial charge in [-0.05, 0) is 12.1 Å². The lowest BCUT2D eigenvalue weighted by atomic mass is 9.96. The van der Waals surface area contributed by atoms with E-state index in [1.165, 1.54) is 0 Å². The Morgan fingerprint density at radius 1 is 1.12 bits per heavy atom. The maximum absolute atomic E-state index is 13.2. The van der Waals surface area contributed by atoms with Crippen LogP contribution in [0.1, 0.15) is 0 Å². The largest absolute Gasteiger partial charge is 0.481 e. The van der Waals surface area contributed by atoms with E-state index in [1.807, 2.05) is 0 Å². The summed E-state index contributed by atoms with van der Waals surface area (Å²) in [4.78, 5) is 9.82. The summed E-state index contributed by atoms with van der Waals surface area (Å²) in [7, 11) is -4.84. The molecule has 134 valence electrons. The lowest BCUT2D eigenvalue weighted by Gasteiger charge is -2.18. The molecule has 1 aromatic carbocycles. The highest BCUT2D eigenvalue weighted by Crippen LogP contribution is 2.39. The van der Waals surface area contributed by atoms with Crippen LogP contribution >= 0.6 is 0 Å². The SMILES string of the molecule is O=C(O)[C@@H]1CN(S(=O)(=O)c2cc(F)c(F)c(F)c2)C[C@H]1C(F)(F)F. The number of carbonyl (C=O) groups is 1. The standard InChI is InChI=1S/C12H9F6NO4S/c13-8-1-5(2-9(14)10(8)15)24(22,23)19-3-6(11(20)21)7(4-19)12(16,17)18/h1-2,6-7H,3-4H2,(H,20,21)/t6-,7-/m1/s1. The number of nitrogens with zero attached hydrogens (tertiary/aromatic N) is 1. The van der Waals surface area contributed by atoms with E-state index in [0.29, 0.717) is 0 Å². The number of benzene rings is 1. The Balaban J connectivity index is 2.42. The molecule has 0 amide bonds. The van der Waals surface area contributed by atoms with Crippen molar-refractivity contribution in [3.05, 3.63) is 29.6 Å². The van der Waals surface area contributed by atoms with E-state index in [0.717, 1.165) is 0 Å². The van der Waals surface area contributed by atoms with Gasteiger partial charge in [-0.15, -0.1) is 0 Å². The minimum atomic E-state index is -4.98. The van der Waals surface area contributed by atoms with Gasteiger partial charge in [-0.25, -0.2) is 21.6 Å². The van der Waals surface area contributed by atoms with Gasteiger partial charge in [0.2, 0.25) is 10.0 Å². The number of rotatable bonds is 3. The van der Waals surface area contributed by atoms with Crippen LogP contribution in [0.3, 0.4) is 0 Å². The number of carboxylic acids is 1. The second kappa shape index (κ2) is 5.92. The van der Waals surface area contributed by atoms with Gasteiger partial charge in [0.05, 0.1) is 16.7 Å². The third-order valence-corrected chi connectivity index (χ3v) is 5.43. The van der Waals surface area contributed by atoms with Crippen molar-refractivity contribution >= 4 is 16.0 Å². The molecule has 2 rings (SSSR count). The van der Waals surface area contributed by atoms with E-state index >= 15 is 0 Å². The topological polar surface area (TPSA) is 74.7 Å². The molecule has 0 aliphatic carbocycles. The van der Waals surface area contributed by atoms with E-state index in [4.69, 9.17) is 5.11 Å². The fourth-order valence-electron chi connectivity index (χ4n) is 2.38. The second-order valence-electron chi connectivity index (χ2n) is 5.12. The van der Waals surface area contributed by atoms with Gasteiger partial charge in [-0.2, -0.15) is 17.5 Å². The summed E-state index contributed by atoms with van der Waals surface area (Å²) < 4.78 is 102. The van der Waals surface area contributed by atoms with Crippen LogP contribution in [0.5, 0.6) is 0 Å². The van der Waals surface area contributed by atoms with Crippen molar-refractivity contribution in [2.75, 3.05) is 13.1 Å². The average molecular weight is 377 g/mol. The molecule has 0 aromatic heterocycles. The number of halogens is 6. The van der Waals surface area contributed by atoms with Gasteiger partial charge in [0.15, 0.2) is 17.5 Å². The molecule has 24 heavy (non-hydrogen) atoms. The third kappa shape index (κ3) is 3.20. The molecule has 1 heterocycles. The zero-order chi connectivity index (χ0) is 18.4. The summed E-state index contributed by atoms with van der Waals surface area (Å²) in [5.74, 6) is -12.0. The predicted octanol–water partition coefficient (Wildman–Crippen LogP) is 1.99. The van der Waals surface area contributed by atoms with E-state index in [-0.39, 0.29) is 16.4 Å². The van der Waals surface area contributed by atoms with E-state index in [2.05, 4.69) is 0 Å². The molecule has 5 nitrogen and oxygen atoms in total. The Morgan fingerprint density at radius 2 is 1.62 bits per heavy atom. The molecule has 0 saturated carbocycles. The van der Waals surface area contributed by atoms with Crippen molar-refractivity contribution in [2.24, 2.45) is 11.8 Å². The molecular weight excluding hydrogens is 368 g/mol. The molecule has 12 heteroatoms. The van der Waals surface area contributed by atoms with Crippen LogP contribution in [0.2, 0.25) is 0 Å². The fourth-order valence-corrected chi connectivity index (χ4v) is 3.89. The van der Waals surface area contributed by atoms with Crippen LogP contribution in [0.4, 0.5) is 26.3 Å². The first kappa shape index (κ1) is 18.5. The van der Waals surface area contributed by atoms with Gasteiger partial charge in [0, 0.05) is 13.1 Å². The van der Waals surface area contributed by atoms with Crippen molar-refractivity contribution < 1.29 is 44.7 Å². The maximum atomic E-state index is 13.2. The van der Waals surface area contributed by atoms with Crippen molar-refractivity contribution in [3.8, 4) is 0 Å². The van der Waals surface area contributed by atoms with Crippen molar-refractivity contribution in [2.45, 2.75) is 11.1 Å². The van der Waals surface area contributed by atoms with Gasteiger partial charge in [0.25, 0.3) is 0 Å². The van der Waals surface area contributed by atoms with E-state index in [9.17, 15) is 39.6 Å². The van der Waals surface area contributed by atoms with E-state index in [1.54, 1.807) is 0 Å². The van der Waals surface area contributed by atoms with Gasteiger partial charge < -0.3 is 5.11 Å². The first-order valence-corrected chi connectivity index (χ1v) is 7.74. The Morgan fingerprint density at radius 3 is 2.00 bits per heavy atom. The van der Waals surface area contributed by atoms with Crippen molar-refractivity contribution in [1.29, 1.82) is 0 Å². The Kier molecular flexibility index (Phi) is 4.57. The van der Waals surface area contributed by atoms with Crippen LogP contribution in [0, 0.1) is 29.3 Å². The quantitative estimate of drug-likeness (QED) is 0.646. The molecule has 2 atom stereocenters. The highest BCUT2D eigenvalue weighted by molar-refractivity contribution is 7.89. The minimum absolute atomic E-state index is 0.116. The monoisotopic (exact) mass is 377 g/mol. The smallest absolute Gasteiger partial charge is 0.393 e. The Labute approximate surface area is 131 Å². The summed E-state index contributed by atoms with van der Waals surface area (Å²) in [6.45, 7) is -2.24. The highest BCUT2D eigenvalue weighted by Gasteiger charge is 2.55. The summed E-state index contributed by atoms with van der Waals surface area (Å²) in [5, 5.41) is 8.83. The normalized spacial score (nSPS) is 22.8. The summed E-state index contributed by atoms with van der Waals surface area (Å²) in [6.07, 6.45) is -4.98.